The molecule has 0 amide bonds. The van der Waals surface area contributed by atoms with Gasteiger partial charge in [0.25, 0.3) is 0 Å². The van der Waals surface area contributed by atoms with Gasteiger partial charge in [-0.2, -0.15) is 5.26 Å². The van der Waals surface area contributed by atoms with Crippen molar-refractivity contribution in [3.63, 3.8) is 0 Å². The topological polar surface area (TPSA) is 36.3 Å². The van der Waals surface area contributed by atoms with Crippen LogP contribution in [-0.4, -0.2) is 35.7 Å². The second-order valence-electron chi connectivity index (χ2n) is 5.54. The molecule has 0 radical (unpaired) electrons. The van der Waals surface area contributed by atoms with Crippen LogP contribution in [0.25, 0.3) is 0 Å². The molecule has 0 bridgehead atoms. The lowest BCUT2D eigenvalue weighted by Gasteiger charge is -2.29. The standard InChI is InChI=1S/C13H24N2O/c1-11(2)15(9-5-8-14)10-12-6-7-13(3,4)16-12/h11-12H,5-7,9-10H2,1-4H3. The van der Waals surface area contributed by atoms with E-state index in [1.54, 1.807) is 0 Å². The van der Waals surface area contributed by atoms with Crippen LogP contribution in [0.5, 0.6) is 0 Å². The van der Waals surface area contributed by atoms with Crippen LogP contribution in [0.4, 0.5) is 0 Å². The lowest BCUT2D eigenvalue weighted by Crippen LogP contribution is -2.38. The minimum atomic E-state index is 0.0442. The maximum atomic E-state index is 8.63. The highest BCUT2D eigenvalue weighted by atomic mass is 16.5. The fourth-order valence-electron chi connectivity index (χ4n) is 2.22. The third-order valence-corrected chi connectivity index (χ3v) is 3.23. The molecule has 16 heavy (non-hydrogen) atoms. The minimum absolute atomic E-state index is 0.0442. The van der Waals surface area contributed by atoms with E-state index in [9.17, 15) is 0 Å². The Labute approximate surface area is 99.4 Å². The molecule has 0 spiro atoms. The minimum Gasteiger partial charge on any atom is -0.371 e. The van der Waals surface area contributed by atoms with Crippen molar-refractivity contribution in [3.8, 4) is 6.07 Å². The highest BCUT2D eigenvalue weighted by molar-refractivity contribution is 4.84. The van der Waals surface area contributed by atoms with E-state index in [0.29, 0.717) is 18.6 Å². The zero-order valence-corrected chi connectivity index (χ0v) is 11.0. The van der Waals surface area contributed by atoms with E-state index in [1.165, 1.54) is 0 Å². The van der Waals surface area contributed by atoms with Crippen molar-refractivity contribution in [2.45, 2.75) is 64.7 Å². The molecule has 0 aromatic carbocycles. The Bertz CT molecular complexity index is 255. The van der Waals surface area contributed by atoms with Crippen molar-refractivity contribution in [1.29, 1.82) is 5.26 Å². The molecule has 1 heterocycles. The van der Waals surface area contributed by atoms with Gasteiger partial charge in [-0.15, -0.1) is 0 Å². The number of rotatable bonds is 5. The summed E-state index contributed by atoms with van der Waals surface area (Å²) in [5.41, 5.74) is 0.0442. The second kappa shape index (κ2) is 5.65. The first kappa shape index (κ1) is 13.5. The van der Waals surface area contributed by atoms with Gasteiger partial charge in [0.15, 0.2) is 0 Å². The Morgan fingerprint density at radius 2 is 2.19 bits per heavy atom. The molecule has 0 saturated carbocycles. The van der Waals surface area contributed by atoms with E-state index in [1.807, 2.05) is 0 Å². The Balaban J connectivity index is 2.41. The molecule has 0 aliphatic carbocycles. The van der Waals surface area contributed by atoms with Gasteiger partial charge >= 0.3 is 0 Å². The van der Waals surface area contributed by atoms with Gasteiger partial charge in [0.05, 0.1) is 17.8 Å². The molecule has 1 aliphatic heterocycles. The van der Waals surface area contributed by atoms with Crippen LogP contribution in [0.3, 0.4) is 0 Å². The fraction of sp³-hybridized carbons (Fsp3) is 0.923. The third-order valence-electron chi connectivity index (χ3n) is 3.23. The predicted molar refractivity (Wildman–Crippen MR) is 65.1 cm³/mol. The lowest BCUT2D eigenvalue weighted by atomic mass is 10.1. The van der Waals surface area contributed by atoms with Crippen molar-refractivity contribution in [3.05, 3.63) is 0 Å². The summed E-state index contributed by atoms with van der Waals surface area (Å²) in [5.74, 6) is 0. The van der Waals surface area contributed by atoms with Crippen LogP contribution < -0.4 is 0 Å². The molecule has 1 atom stereocenters. The monoisotopic (exact) mass is 224 g/mol. The Kier molecular flexibility index (Phi) is 4.76. The number of ether oxygens (including phenoxy) is 1. The molecule has 0 N–H and O–H groups in total. The third kappa shape index (κ3) is 4.11. The molecule has 1 aliphatic rings. The SMILES string of the molecule is CC(C)N(CCC#N)CC1CCC(C)(C)O1. The molecular formula is C13H24N2O. The van der Waals surface area contributed by atoms with E-state index in [0.717, 1.165) is 25.9 Å². The van der Waals surface area contributed by atoms with Gasteiger partial charge in [-0.3, -0.25) is 4.90 Å². The van der Waals surface area contributed by atoms with E-state index < -0.39 is 0 Å². The molecule has 1 saturated heterocycles. The van der Waals surface area contributed by atoms with Crippen LogP contribution in [-0.2, 0) is 4.74 Å². The largest absolute Gasteiger partial charge is 0.371 e. The zero-order valence-electron chi connectivity index (χ0n) is 11.0. The summed E-state index contributed by atoms with van der Waals surface area (Å²) in [6, 6.07) is 2.70. The summed E-state index contributed by atoms with van der Waals surface area (Å²) in [6.45, 7) is 10.5. The Hall–Kier alpha value is -0.590. The lowest BCUT2D eigenvalue weighted by molar-refractivity contribution is -0.0318. The van der Waals surface area contributed by atoms with Crippen LogP contribution in [0.1, 0.15) is 47.0 Å². The fourth-order valence-corrected chi connectivity index (χ4v) is 2.22. The summed E-state index contributed by atoms with van der Waals surface area (Å²) in [5, 5.41) is 8.63. The average molecular weight is 224 g/mol. The molecule has 92 valence electrons. The number of hydrogen-bond donors (Lipinski definition) is 0. The quantitative estimate of drug-likeness (QED) is 0.720. The molecule has 1 rings (SSSR count). The first-order valence-corrected chi connectivity index (χ1v) is 6.23. The first-order chi connectivity index (χ1) is 7.44. The van der Waals surface area contributed by atoms with Crippen LogP contribution in [0.2, 0.25) is 0 Å². The highest BCUT2D eigenvalue weighted by Gasteiger charge is 2.32. The van der Waals surface area contributed by atoms with Crippen LogP contribution in [0.15, 0.2) is 0 Å². The van der Waals surface area contributed by atoms with E-state index in [2.05, 4.69) is 38.7 Å². The molecule has 0 aromatic heterocycles. The van der Waals surface area contributed by atoms with Gasteiger partial charge in [0.1, 0.15) is 0 Å². The van der Waals surface area contributed by atoms with Crippen LogP contribution >= 0.6 is 0 Å². The van der Waals surface area contributed by atoms with Gasteiger partial charge in [0.2, 0.25) is 0 Å². The number of hydrogen-bond acceptors (Lipinski definition) is 3. The van der Waals surface area contributed by atoms with E-state index >= 15 is 0 Å². The summed E-state index contributed by atoms with van der Waals surface area (Å²) < 4.78 is 5.98. The number of nitrogens with zero attached hydrogens (tertiary/aromatic N) is 2. The molecule has 0 aromatic rings. The molecule has 3 nitrogen and oxygen atoms in total. The van der Waals surface area contributed by atoms with Crippen molar-refractivity contribution >= 4 is 0 Å². The maximum Gasteiger partial charge on any atom is 0.0710 e. The molecule has 3 heteroatoms. The molecule has 1 unspecified atom stereocenters. The first-order valence-electron chi connectivity index (χ1n) is 6.23. The summed E-state index contributed by atoms with van der Waals surface area (Å²) in [7, 11) is 0. The van der Waals surface area contributed by atoms with Crippen molar-refractivity contribution in [1.82, 2.24) is 4.90 Å². The molecule has 1 fully saturated rings. The van der Waals surface area contributed by atoms with Gasteiger partial charge in [-0.05, 0) is 40.5 Å². The predicted octanol–water partition coefficient (Wildman–Crippen LogP) is 2.57. The normalized spacial score (nSPS) is 23.9. The van der Waals surface area contributed by atoms with Crippen molar-refractivity contribution in [2.24, 2.45) is 0 Å². The highest BCUT2D eigenvalue weighted by Crippen LogP contribution is 2.29. The van der Waals surface area contributed by atoms with Gasteiger partial charge in [0, 0.05) is 25.6 Å². The smallest absolute Gasteiger partial charge is 0.0710 e. The maximum absolute atomic E-state index is 8.63. The molecular weight excluding hydrogens is 200 g/mol. The summed E-state index contributed by atoms with van der Waals surface area (Å²) in [6.07, 6.45) is 3.23. The van der Waals surface area contributed by atoms with E-state index in [4.69, 9.17) is 10.00 Å². The summed E-state index contributed by atoms with van der Waals surface area (Å²) in [4.78, 5) is 2.34. The van der Waals surface area contributed by atoms with Gasteiger partial charge < -0.3 is 4.74 Å². The van der Waals surface area contributed by atoms with Crippen molar-refractivity contribution in [2.75, 3.05) is 13.1 Å². The van der Waals surface area contributed by atoms with Gasteiger partial charge in [-0.25, -0.2) is 0 Å². The zero-order chi connectivity index (χ0) is 12.2. The Morgan fingerprint density at radius 3 is 2.62 bits per heavy atom. The second-order valence-corrected chi connectivity index (χ2v) is 5.54. The Morgan fingerprint density at radius 1 is 1.50 bits per heavy atom. The van der Waals surface area contributed by atoms with Crippen LogP contribution in [0, 0.1) is 11.3 Å². The van der Waals surface area contributed by atoms with Crippen molar-refractivity contribution < 1.29 is 4.74 Å². The summed E-state index contributed by atoms with van der Waals surface area (Å²) >= 11 is 0. The average Bonchev–Trinajstić information content (AvgIpc) is 2.52. The number of nitriles is 1. The van der Waals surface area contributed by atoms with Gasteiger partial charge in [-0.1, -0.05) is 0 Å². The van der Waals surface area contributed by atoms with E-state index in [-0.39, 0.29) is 5.60 Å².